The van der Waals surface area contributed by atoms with Gasteiger partial charge in [-0.15, -0.1) is 9.24 Å². The summed E-state index contributed by atoms with van der Waals surface area (Å²) in [5, 5.41) is 21.2. The maximum Gasteiger partial charge on any atom is 0.255 e. The lowest BCUT2D eigenvalue weighted by Crippen LogP contribution is -2.90. The normalized spacial score (nSPS) is 23.2. The Morgan fingerprint density at radius 1 is 1.25 bits per heavy atom. The molecule has 0 radical (unpaired) electrons. The van der Waals surface area contributed by atoms with Crippen molar-refractivity contribution in [2.24, 2.45) is 5.73 Å². The second-order valence-electron chi connectivity index (χ2n) is 12.2. The molecule has 4 rings (SSSR count). The van der Waals surface area contributed by atoms with Crippen LogP contribution in [0, 0.1) is 0 Å². The zero-order valence-electron chi connectivity index (χ0n) is 26.9. The minimum atomic E-state index is -0.822. The van der Waals surface area contributed by atoms with Gasteiger partial charge in [0.15, 0.2) is 0 Å². The lowest BCUT2D eigenvalue weighted by molar-refractivity contribution is -0.522. The first-order chi connectivity index (χ1) is 20.8. The highest BCUT2D eigenvalue weighted by Crippen LogP contribution is 2.40. The number of aliphatic hydroxyl groups is 1. The fourth-order valence-corrected chi connectivity index (χ4v) is 6.06. The third-order valence-corrected chi connectivity index (χ3v) is 9.20. The number of benzene rings is 2. The van der Waals surface area contributed by atoms with Crippen molar-refractivity contribution < 1.29 is 24.4 Å². The molecule has 0 spiro atoms. The summed E-state index contributed by atoms with van der Waals surface area (Å²) in [4.78, 5) is 29.8. The number of nitrogens with zero attached hydrogens (tertiary/aromatic N) is 1. The fraction of sp³-hybridized carbons (Fsp3) is 0.485. The summed E-state index contributed by atoms with van der Waals surface area (Å²) in [6, 6.07) is 12.4. The molecule has 7 N–H and O–H groups in total. The number of amidine groups is 1. The number of para-hydroxylation sites is 1. The van der Waals surface area contributed by atoms with E-state index in [1.165, 1.54) is 0 Å². The van der Waals surface area contributed by atoms with E-state index in [-0.39, 0.29) is 23.3 Å². The van der Waals surface area contributed by atoms with Crippen molar-refractivity contribution in [1.82, 2.24) is 20.9 Å². The Bertz CT molecular complexity index is 1370. The summed E-state index contributed by atoms with van der Waals surface area (Å²) in [7, 11) is 6.13. The molecule has 5 atom stereocenters. The zero-order chi connectivity index (χ0) is 32.7. The molecular weight excluding hydrogens is 575 g/mol. The van der Waals surface area contributed by atoms with Crippen molar-refractivity contribution in [3.05, 3.63) is 71.9 Å². The van der Waals surface area contributed by atoms with Gasteiger partial charge in [-0.05, 0) is 55.5 Å². The average Bonchev–Trinajstić information content (AvgIpc) is 3.22. The second-order valence-corrected chi connectivity index (χ2v) is 12.9. The van der Waals surface area contributed by atoms with Crippen LogP contribution in [-0.2, 0) is 5.41 Å². The maximum absolute atomic E-state index is 13.3. The van der Waals surface area contributed by atoms with E-state index < -0.39 is 17.7 Å². The molecule has 2 heterocycles. The zero-order valence-corrected chi connectivity index (χ0v) is 28.0. The van der Waals surface area contributed by atoms with E-state index in [0.29, 0.717) is 48.8 Å². The first-order valence-electron chi connectivity index (χ1n) is 15.1. The van der Waals surface area contributed by atoms with Gasteiger partial charge in [-0.2, -0.15) is 0 Å². The molecule has 0 aromatic heterocycles. The van der Waals surface area contributed by atoms with Crippen molar-refractivity contribution in [2.75, 3.05) is 33.8 Å². The number of aliphatic hydroxyl groups excluding tert-OH is 1. The van der Waals surface area contributed by atoms with Crippen LogP contribution in [0.4, 0.5) is 0 Å². The van der Waals surface area contributed by atoms with Gasteiger partial charge in [0, 0.05) is 31.1 Å². The van der Waals surface area contributed by atoms with Crippen LogP contribution in [0.15, 0.2) is 55.2 Å². The van der Waals surface area contributed by atoms with Crippen LogP contribution in [0.25, 0.3) is 0 Å². The second kappa shape index (κ2) is 15.0. The average molecular weight is 626 g/mol. The number of carbonyl (C=O) groups excluding carboxylic acids is 2. The minimum Gasteiger partial charge on any atom is -0.492 e. The lowest BCUT2D eigenvalue weighted by Gasteiger charge is -2.39. The first kappa shape index (κ1) is 35.0. The Morgan fingerprint density at radius 2 is 1.95 bits per heavy atom. The summed E-state index contributed by atoms with van der Waals surface area (Å²) in [6.45, 7) is 13.6. The molecule has 44 heavy (non-hydrogen) atoms. The van der Waals surface area contributed by atoms with Crippen molar-refractivity contribution in [1.29, 1.82) is 0 Å². The maximum atomic E-state index is 13.3. The molecule has 11 heteroatoms. The van der Waals surface area contributed by atoms with E-state index in [1.54, 1.807) is 25.4 Å². The number of ether oxygens (including phenoxy) is 1. The van der Waals surface area contributed by atoms with Gasteiger partial charge in [0.2, 0.25) is 5.84 Å². The van der Waals surface area contributed by atoms with E-state index in [0.717, 1.165) is 17.3 Å². The summed E-state index contributed by atoms with van der Waals surface area (Å²) in [5.74, 6) is 1.01. The molecule has 240 valence electrons. The quantitative estimate of drug-likeness (QED) is 0.135. The molecule has 2 aromatic carbocycles. The highest BCUT2D eigenvalue weighted by molar-refractivity contribution is 7.27. The van der Waals surface area contributed by atoms with E-state index in [9.17, 15) is 14.7 Å². The third kappa shape index (κ3) is 7.78. The predicted octanol–water partition coefficient (Wildman–Crippen LogP) is 0.406. The van der Waals surface area contributed by atoms with Crippen molar-refractivity contribution >= 4 is 32.2 Å². The number of likely N-dealkylation sites (tertiary alicyclic amines) is 1. The molecule has 2 aromatic rings. The number of nitrogens with two attached hydrogens (primary N) is 1. The van der Waals surface area contributed by atoms with Crippen LogP contribution in [0.1, 0.15) is 66.8 Å². The standard InChI is InChI=1S/C25H39N5O3.C8H10NOP/c1-7-20(26)29-19(14-27-8-2)25(5)22(31)18(15-30(25)6)28-23(32)16-10-9-11-17-21(16)33-13-12-24(17,3)4;1-9-8(10)6-3-2-4-7(11)5-6/h8-11,18-19,22,27,31H,2,7,12-15H2,1,3-6H3,(H2,26,29)(H,28,32);2-5H,11H2,1H3,(H,9,10)/p+1. The number of fused-ring (bicyclic) bond motifs is 1. The largest absolute Gasteiger partial charge is 0.492 e. The number of nitrogens with one attached hydrogen (secondary N) is 4. The van der Waals surface area contributed by atoms with Crippen LogP contribution in [0.2, 0.25) is 0 Å². The molecule has 0 saturated carbocycles. The highest BCUT2D eigenvalue weighted by Gasteiger charge is 2.54. The van der Waals surface area contributed by atoms with E-state index in [4.69, 9.17) is 10.5 Å². The summed E-state index contributed by atoms with van der Waals surface area (Å²) >= 11 is 0. The molecule has 2 aliphatic rings. The molecule has 1 fully saturated rings. The number of carbonyl (C=O) groups is 2. The fourth-order valence-electron chi connectivity index (χ4n) is 5.77. The Morgan fingerprint density at radius 3 is 2.59 bits per heavy atom. The Balaban J connectivity index is 0.000000404. The van der Waals surface area contributed by atoms with Gasteiger partial charge in [0.05, 0.1) is 36.4 Å². The number of hydrogen-bond acceptors (Lipinski definition) is 6. The van der Waals surface area contributed by atoms with E-state index in [1.807, 2.05) is 51.2 Å². The number of amides is 2. The molecule has 10 nitrogen and oxygen atoms in total. The minimum absolute atomic E-state index is 0.0469. The molecule has 2 amide bonds. The van der Waals surface area contributed by atoms with Crippen molar-refractivity contribution in [2.45, 2.75) is 69.7 Å². The molecule has 0 bridgehead atoms. The highest BCUT2D eigenvalue weighted by atomic mass is 31.0. The van der Waals surface area contributed by atoms with E-state index in [2.05, 4.69) is 55.5 Å². The third-order valence-electron chi connectivity index (χ3n) is 8.84. The molecule has 2 aliphatic heterocycles. The SMILES string of the molecule is C=CNCC([NH+]=C(N)CC)C1(C)C(O)C(NC(=O)c2cccc3c2OCCC3(C)C)CN1C.CNC(=O)c1cccc(P)c1. The first-order valence-corrected chi connectivity index (χ1v) is 15.6. The lowest BCUT2D eigenvalue weighted by atomic mass is 9.79. The van der Waals surface area contributed by atoms with Gasteiger partial charge in [-0.25, -0.2) is 0 Å². The van der Waals surface area contributed by atoms with Crippen molar-refractivity contribution in [3.63, 3.8) is 0 Å². The number of hydrogen-bond donors (Lipinski definition) is 6. The van der Waals surface area contributed by atoms with Crippen LogP contribution in [0.3, 0.4) is 0 Å². The van der Waals surface area contributed by atoms with Crippen LogP contribution in [0.5, 0.6) is 5.75 Å². The van der Waals surface area contributed by atoms with Crippen molar-refractivity contribution in [3.8, 4) is 5.75 Å². The summed E-state index contributed by atoms with van der Waals surface area (Å²) < 4.78 is 5.93. The van der Waals surface area contributed by atoms with Gasteiger partial charge in [0.25, 0.3) is 11.8 Å². The molecule has 5 unspecified atom stereocenters. The van der Waals surface area contributed by atoms with Crippen LogP contribution >= 0.6 is 9.24 Å². The van der Waals surface area contributed by atoms with Gasteiger partial charge >= 0.3 is 0 Å². The molecular formula is C33H50N6O4P+. The Labute approximate surface area is 264 Å². The van der Waals surface area contributed by atoms with E-state index >= 15 is 0 Å². The van der Waals surface area contributed by atoms with Crippen LogP contribution in [-0.4, -0.2) is 85.2 Å². The van der Waals surface area contributed by atoms with Crippen LogP contribution < -0.4 is 36.7 Å². The van der Waals surface area contributed by atoms with Gasteiger partial charge in [-0.3, -0.25) is 25.2 Å². The topological polar surface area (TPSA) is 143 Å². The Hall–Kier alpha value is -3.46. The van der Waals surface area contributed by atoms with Gasteiger partial charge in [0.1, 0.15) is 11.8 Å². The number of rotatable bonds is 9. The monoisotopic (exact) mass is 625 g/mol. The van der Waals surface area contributed by atoms with Gasteiger partial charge < -0.3 is 25.8 Å². The molecule has 1 saturated heterocycles. The number of likely N-dealkylation sites (N-methyl/N-ethyl adjacent to an activating group) is 1. The summed E-state index contributed by atoms with van der Waals surface area (Å²) in [5.41, 5.74) is 7.62. The van der Waals surface area contributed by atoms with Gasteiger partial charge in [-0.1, -0.05) is 51.6 Å². The predicted molar refractivity (Wildman–Crippen MR) is 179 cm³/mol. The smallest absolute Gasteiger partial charge is 0.255 e. The summed E-state index contributed by atoms with van der Waals surface area (Å²) in [6.07, 6.45) is 2.38. The Kier molecular flexibility index (Phi) is 12.0. The molecule has 0 aliphatic carbocycles.